The second kappa shape index (κ2) is 34.9. The number of carboxylic acids is 1. The predicted molar refractivity (Wildman–Crippen MR) is 470 cm³/mol. The third kappa shape index (κ3) is 16.2. The molecular formula is C103H103N5O6. The van der Waals surface area contributed by atoms with E-state index in [1.165, 1.54) is 44.5 Å². The van der Waals surface area contributed by atoms with Crippen molar-refractivity contribution in [3.8, 4) is 91.2 Å². The molecule has 11 heteroatoms. The van der Waals surface area contributed by atoms with E-state index in [0.29, 0.717) is 94.4 Å². The van der Waals surface area contributed by atoms with Crippen LogP contribution in [0.3, 0.4) is 0 Å². The highest BCUT2D eigenvalue weighted by molar-refractivity contribution is 6.00. The summed E-state index contributed by atoms with van der Waals surface area (Å²) in [5.74, 6) is 16.2. The molecule has 3 aromatic heterocycles. The monoisotopic (exact) mass is 1510 g/mol. The number of unbranched alkanes of at least 4 members (excludes halogenated alkanes) is 12. The summed E-state index contributed by atoms with van der Waals surface area (Å²) in [7, 11) is 0. The van der Waals surface area contributed by atoms with Gasteiger partial charge in [-0.3, -0.25) is 0 Å². The second-order valence-electron chi connectivity index (χ2n) is 31.5. The Labute approximate surface area is 672 Å². The molecule has 4 aliphatic rings. The molecule has 0 amide bonds. The van der Waals surface area contributed by atoms with Crippen molar-refractivity contribution in [3.63, 3.8) is 0 Å². The van der Waals surface area contributed by atoms with Gasteiger partial charge in [0.05, 0.1) is 88.1 Å². The molecule has 3 N–H and O–H groups in total. The lowest BCUT2D eigenvalue weighted by molar-refractivity contribution is 0.0696. The Balaban J connectivity index is 0.957. The van der Waals surface area contributed by atoms with Crippen molar-refractivity contribution >= 4 is 69.4 Å². The van der Waals surface area contributed by atoms with E-state index in [9.17, 15) is 9.90 Å². The number of ether oxygens (including phenoxy) is 4. The molecule has 11 aromatic rings. The molecule has 0 unspecified atom stereocenters. The molecule has 11 nitrogen and oxygen atoms in total. The SMILES string of the molecule is CCCCCCOc1cccc(OCCCCCC)c1-c1c2nc(c(C#Cc3ccc(N(c4ccc5c(c4)C(C)(C)c4ccccc4-5)c4ccc5c(c4)C(C)(C)c4ccccc4-5)cc3)c3ccc([nH]3)c(-c3c(OCCCCCC)cccc3OCCCCCC)c3nc(c(C#Cc4ccc(C(=O)O)cc4)c4ccc1[nH]4)C=C3)C=C2. The molecule has 114 heavy (non-hydrogen) atoms. The van der Waals surface area contributed by atoms with Gasteiger partial charge in [-0.1, -0.05) is 229 Å². The lowest BCUT2D eigenvalue weighted by atomic mass is 9.82. The molecule has 0 saturated carbocycles. The number of H-pyrrole nitrogens is 2. The number of aromatic nitrogens is 4. The van der Waals surface area contributed by atoms with Gasteiger partial charge in [0.1, 0.15) is 23.0 Å². The van der Waals surface area contributed by atoms with Crippen molar-refractivity contribution in [2.45, 2.75) is 169 Å². The highest BCUT2D eigenvalue weighted by Gasteiger charge is 2.38. The number of nitrogens with zero attached hydrogens (tertiary/aromatic N) is 3. The first-order chi connectivity index (χ1) is 55.7. The predicted octanol–water partition coefficient (Wildman–Crippen LogP) is 26.4. The van der Waals surface area contributed by atoms with Gasteiger partial charge in [0.2, 0.25) is 0 Å². The van der Waals surface area contributed by atoms with Crippen LogP contribution in [0.15, 0.2) is 194 Å². The summed E-state index contributed by atoms with van der Waals surface area (Å²) in [6.45, 7) is 20.4. The Bertz CT molecular complexity index is 5520. The third-order valence-electron chi connectivity index (χ3n) is 22.8. The number of nitrogens with one attached hydrogen (secondary N) is 2. The number of hydrogen-bond acceptors (Lipinski definition) is 8. The van der Waals surface area contributed by atoms with Gasteiger partial charge in [-0.2, -0.15) is 0 Å². The van der Waals surface area contributed by atoms with E-state index in [0.717, 1.165) is 164 Å². The number of carbonyl (C=O) groups is 1. The molecule has 0 spiro atoms. The van der Waals surface area contributed by atoms with Crippen molar-refractivity contribution < 1.29 is 28.8 Å². The van der Waals surface area contributed by atoms with Crippen molar-refractivity contribution in [2.24, 2.45) is 0 Å². The van der Waals surface area contributed by atoms with Crippen molar-refractivity contribution in [1.29, 1.82) is 0 Å². The molecule has 2 aliphatic carbocycles. The van der Waals surface area contributed by atoms with Crippen LogP contribution in [0.4, 0.5) is 17.1 Å². The number of aromatic carboxylic acids is 1. The van der Waals surface area contributed by atoms with Crippen molar-refractivity contribution in [3.05, 3.63) is 267 Å². The van der Waals surface area contributed by atoms with Gasteiger partial charge in [0, 0.05) is 61.2 Å². The van der Waals surface area contributed by atoms with E-state index in [1.54, 1.807) is 24.3 Å². The zero-order valence-corrected chi connectivity index (χ0v) is 67.3. The first kappa shape index (κ1) is 77.3. The topological polar surface area (TPSA) is 135 Å². The molecule has 0 saturated heterocycles. The van der Waals surface area contributed by atoms with Crippen LogP contribution in [0.5, 0.6) is 23.0 Å². The maximum Gasteiger partial charge on any atom is 0.335 e. The Morgan fingerprint density at radius 1 is 0.360 bits per heavy atom. The lowest BCUT2D eigenvalue weighted by Crippen LogP contribution is -2.18. The van der Waals surface area contributed by atoms with Crippen LogP contribution in [0.25, 0.3) is 90.9 Å². The summed E-state index contributed by atoms with van der Waals surface area (Å²) in [5.41, 5.74) is 24.8. The summed E-state index contributed by atoms with van der Waals surface area (Å²) in [4.78, 5) is 33.8. The van der Waals surface area contributed by atoms with Crippen LogP contribution in [0, 0.1) is 23.7 Å². The van der Waals surface area contributed by atoms with Crippen LogP contribution in [-0.4, -0.2) is 57.4 Å². The van der Waals surface area contributed by atoms with Gasteiger partial charge in [-0.15, -0.1) is 0 Å². The molecule has 0 atom stereocenters. The van der Waals surface area contributed by atoms with Gasteiger partial charge >= 0.3 is 5.97 Å². The molecule has 576 valence electrons. The van der Waals surface area contributed by atoms with Crippen molar-refractivity contribution in [2.75, 3.05) is 31.3 Å². The van der Waals surface area contributed by atoms with E-state index in [-0.39, 0.29) is 16.4 Å². The number of aromatic amines is 2. The van der Waals surface area contributed by atoms with E-state index in [1.807, 2.05) is 42.5 Å². The summed E-state index contributed by atoms with van der Waals surface area (Å²) < 4.78 is 27.8. The van der Waals surface area contributed by atoms with Crippen molar-refractivity contribution in [1.82, 2.24) is 19.9 Å². The first-order valence-electron chi connectivity index (χ1n) is 41.4. The van der Waals surface area contributed by atoms with Gasteiger partial charge in [-0.05, 0) is 216 Å². The maximum atomic E-state index is 12.1. The highest BCUT2D eigenvalue weighted by Crippen LogP contribution is 2.54. The van der Waals surface area contributed by atoms with E-state index >= 15 is 0 Å². The molecule has 2 aliphatic heterocycles. The smallest absolute Gasteiger partial charge is 0.335 e. The number of fused-ring (bicyclic) bond motifs is 14. The van der Waals surface area contributed by atoms with Gasteiger partial charge in [-0.25, -0.2) is 14.8 Å². The lowest BCUT2D eigenvalue weighted by Gasteiger charge is -2.29. The molecule has 0 radical (unpaired) electrons. The van der Waals surface area contributed by atoms with Crippen LogP contribution in [-0.2, 0) is 10.8 Å². The normalized spacial score (nSPS) is 12.9. The Morgan fingerprint density at radius 3 is 1.10 bits per heavy atom. The number of anilines is 3. The van der Waals surface area contributed by atoms with Crippen LogP contribution < -0.4 is 23.8 Å². The minimum Gasteiger partial charge on any atom is -0.493 e. The number of carboxylic acid groups (broad SMARTS) is 1. The Kier molecular flexibility index (Phi) is 23.7. The first-order valence-corrected chi connectivity index (χ1v) is 41.4. The van der Waals surface area contributed by atoms with Crippen LogP contribution in [0.2, 0.25) is 0 Å². The standard InChI is InChI=1S/C103H103N5O6/c1-9-13-17-25-63-111-93-35-29-36-94(112-64-26-18-14-10-2)99(93)97-89-59-55-85(104-89)79(51-43-69-39-45-71(46-40-69)101(109)110)86-56-60-90(105-86)98(100-95(113-65-27-19-15-11-3)37-30-38-96(100)114-66-28-20-16-12-4)92-62-58-88(107-92)80(87-57-61-91(97)106-87)52-44-70-41-47-72(48-42-70)108(73-49-53-77-75-31-21-23-33-81(75)102(5,6)83(77)67-73)74-50-54-78-76-32-22-24-34-82(76)103(7,8)84(78)68-74/h21-24,29-42,45-50,53-62,67-68,104,107H,9-20,25-28,63-66H2,1-8H3,(H,109,110). The fourth-order valence-electron chi connectivity index (χ4n) is 16.6. The zero-order chi connectivity index (χ0) is 78.7. The minimum atomic E-state index is -1.01. The van der Waals surface area contributed by atoms with Gasteiger partial charge < -0.3 is 38.9 Å². The highest BCUT2D eigenvalue weighted by atomic mass is 16.5. The molecule has 15 rings (SSSR count). The average molecular weight is 1510 g/mol. The Morgan fingerprint density at radius 2 is 0.711 bits per heavy atom. The number of benzene rings is 8. The summed E-state index contributed by atoms with van der Waals surface area (Å²) in [6, 6.07) is 67.7. The molecule has 0 fully saturated rings. The number of rotatable bonds is 30. The summed E-state index contributed by atoms with van der Waals surface area (Å²) in [6.07, 6.45) is 24.9. The zero-order valence-electron chi connectivity index (χ0n) is 67.3. The van der Waals surface area contributed by atoms with Crippen LogP contribution >= 0.6 is 0 Å². The van der Waals surface area contributed by atoms with Gasteiger partial charge in [0.25, 0.3) is 0 Å². The Hall–Kier alpha value is -12.1. The fourth-order valence-corrected chi connectivity index (χ4v) is 16.6. The third-order valence-corrected chi connectivity index (χ3v) is 22.8. The molecule has 8 aromatic carbocycles. The number of hydrogen-bond donors (Lipinski definition) is 3. The van der Waals surface area contributed by atoms with E-state index in [4.69, 9.17) is 28.9 Å². The summed E-state index contributed by atoms with van der Waals surface area (Å²) >= 11 is 0. The molecular weight excluding hydrogens is 1400 g/mol. The molecule has 8 bridgehead atoms. The summed E-state index contributed by atoms with van der Waals surface area (Å²) in [5, 5.41) is 9.91. The van der Waals surface area contributed by atoms with E-state index < -0.39 is 5.97 Å². The quantitative estimate of drug-likeness (QED) is 0.0297. The average Bonchev–Trinajstić information content (AvgIpc) is 1.58. The van der Waals surface area contributed by atoms with E-state index in [2.05, 4.69) is 246 Å². The van der Waals surface area contributed by atoms with Crippen LogP contribution in [0.1, 0.15) is 236 Å². The second-order valence-corrected chi connectivity index (χ2v) is 31.5. The fraction of sp³-hybridized carbons (Fsp3) is 0.291. The molecule has 5 heterocycles. The minimum absolute atomic E-state index is 0.177. The largest absolute Gasteiger partial charge is 0.493 e. The van der Waals surface area contributed by atoms with Gasteiger partial charge in [0.15, 0.2) is 0 Å². The maximum absolute atomic E-state index is 12.1.